The summed E-state index contributed by atoms with van der Waals surface area (Å²) in [5.41, 5.74) is 0. The van der Waals surface area contributed by atoms with E-state index in [-0.39, 0.29) is 5.97 Å². The van der Waals surface area contributed by atoms with Crippen molar-refractivity contribution in [2.24, 2.45) is 5.92 Å². The van der Waals surface area contributed by atoms with Gasteiger partial charge >= 0.3 is 5.97 Å². The number of carbonyl (C=O) groups excluding carboxylic acids is 1. The molecule has 100 valence electrons. The van der Waals surface area contributed by atoms with E-state index in [1.807, 2.05) is 11.8 Å². The molecule has 0 rings (SSSR count). The molecule has 0 aliphatic rings. The number of nitrogens with zero attached hydrogens (tertiary/aromatic N) is 1. The van der Waals surface area contributed by atoms with Crippen LogP contribution in [0.25, 0.3) is 0 Å². The third-order valence-electron chi connectivity index (χ3n) is 2.05. The first-order valence-electron chi connectivity index (χ1n) is 6.16. The van der Waals surface area contributed by atoms with E-state index in [0.29, 0.717) is 32.2 Å². The van der Waals surface area contributed by atoms with E-state index in [1.54, 1.807) is 6.08 Å². The van der Waals surface area contributed by atoms with Crippen LogP contribution in [0.2, 0.25) is 0 Å². The summed E-state index contributed by atoms with van der Waals surface area (Å²) in [5, 5.41) is 0. The van der Waals surface area contributed by atoms with Gasteiger partial charge in [0.1, 0.15) is 0 Å². The van der Waals surface area contributed by atoms with Gasteiger partial charge in [-0.2, -0.15) is 0 Å². The minimum Gasteiger partial charge on any atom is -0.465 e. The molecule has 0 atom stereocenters. The van der Waals surface area contributed by atoms with Crippen molar-refractivity contribution < 1.29 is 14.3 Å². The van der Waals surface area contributed by atoms with Crippen LogP contribution < -0.4 is 0 Å². The Labute approximate surface area is 105 Å². The summed E-state index contributed by atoms with van der Waals surface area (Å²) in [6.07, 6.45) is 1.78. The normalized spacial score (nSPS) is 10.9. The smallest absolute Gasteiger partial charge is 0.320 e. The number of esters is 1. The third kappa shape index (κ3) is 10.0. The molecule has 0 aromatic carbocycles. The van der Waals surface area contributed by atoms with Crippen molar-refractivity contribution in [1.82, 2.24) is 4.90 Å². The Morgan fingerprint density at radius 2 is 2.18 bits per heavy atom. The van der Waals surface area contributed by atoms with Gasteiger partial charge in [-0.15, -0.1) is 6.58 Å². The van der Waals surface area contributed by atoms with Gasteiger partial charge in [0.05, 0.1) is 19.8 Å². The molecule has 0 heterocycles. The van der Waals surface area contributed by atoms with Crippen LogP contribution in [0, 0.1) is 5.92 Å². The average molecular weight is 243 g/mol. The minimum atomic E-state index is -0.196. The van der Waals surface area contributed by atoms with Crippen LogP contribution in [-0.2, 0) is 14.3 Å². The van der Waals surface area contributed by atoms with Gasteiger partial charge < -0.3 is 9.47 Å². The molecule has 17 heavy (non-hydrogen) atoms. The zero-order valence-electron chi connectivity index (χ0n) is 11.3. The van der Waals surface area contributed by atoms with Crippen LogP contribution in [0.3, 0.4) is 0 Å². The van der Waals surface area contributed by atoms with E-state index in [1.165, 1.54) is 0 Å². The van der Waals surface area contributed by atoms with Crippen LogP contribution >= 0.6 is 0 Å². The van der Waals surface area contributed by atoms with Crippen LogP contribution in [0.4, 0.5) is 0 Å². The lowest BCUT2D eigenvalue weighted by atomic mass is 10.2. The summed E-state index contributed by atoms with van der Waals surface area (Å²) in [5.74, 6) is 0.339. The Balaban J connectivity index is 3.81. The molecule has 0 aliphatic heterocycles. The largest absolute Gasteiger partial charge is 0.465 e. The Bertz CT molecular complexity index is 217. The zero-order valence-corrected chi connectivity index (χ0v) is 11.3. The monoisotopic (exact) mass is 243 g/mol. The Kier molecular flexibility index (Phi) is 9.77. The highest BCUT2D eigenvalue weighted by molar-refractivity contribution is 5.71. The molecule has 0 spiro atoms. The molecule has 0 unspecified atom stereocenters. The second kappa shape index (κ2) is 10.3. The van der Waals surface area contributed by atoms with E-state index in [2.05, 4.69) is 20.4 Å². The van der Waals surface area contributed by atoms with Crippen LogP contribution in [0.15, 0.2) is 12.7 Å². The minimum absolute atomic E-state index is 0.196. The quantitative estimate of drug-likeness (QED) is 0.333. The molecule has 0 aliphatic carbocycles. The Morgan fingerprint density at radius 3 is 2.71 bits per heavy atom. The average Bonchev–Trinajstić information content (AvgIpc) is 2.24. The fourth-order valence-corrected chi connectivity index (χ4v) is 1.32. The van der Waals surface area contributed by atoms with Gasteiger partial charge in [-0.05, 0) is 12.8 Å². The maximum absolute atomic E-state index is 11.3. The Morgan fingerprint density at radius 1 is 1.47 bits per heavy atom. The number of rotatable bonds is 10. The molecule has 0 bridgehead atoms. The van der Waals surface area contributed by atoms with Gasteiger partial charge in [0.2, 0.25) is 0 Å². The summed E-state index contributed by atoms with van der Waals surface area (Å²) in [7, 11) is 0. The summed E-state index contributed by atoms with van der Waals surface area (Å²) in [4.78, 5) is 13.3. The molecule has 0 N–H and O–H groups in total. The van der Waals surface area contributed by atoms with E-state index in [0.717, 1.165) is 13.2 Å². The van der Waals surface area contributed by atoms with Crippen LogP contribution in [0.1, 0.15) is 20.8 Å². The van der Waals surface area contributed by atoms with Gasteiger partial charge in [-0.3, -0.25) is 9.69 Å². The van der Waals surface area contributed by atoms with Crippen molar-refractivity contribution >= 4 is 5.97 Å². The second-order valence-corrected chi connectivity index (χ2v) is 4.30. The van der Waals surface area contributed by atoms with Crippen molar-refractivity contribution in [3.8, 4) is 0 Å². The van der Waals surface area contributed by atoms with E-state index < -0.39 is 0 Å². The van der Waals surface area contributed by atoms with Crippen molar-refractivity contribution in [2.75, 3.05) is 39.5 Å². The topological polar surface area (TPSA) is 38.8 Å². The summed E-state index contributed by atoms with van der Waals surface area (Å²) < 4.78 is 10.4. The van der Waals surface area contributed by atoms with Crippen LogP contribution in [0.5, 0.6) is 0 Å². The van der Waals surface area contributed by atoms with E-state index in [4.69, 9.17) is 9.47 Å². The maximum Gasteiger partial charge on any atom is 0.320 e. The lowest BCUT2D eigenvalue weighted by molar-refractivity contribution is -0.144. The molecule has 4 nitrogen and oxygen atoms in total. The summed E-state index contributed by atoms with van der Waals surface area (Å²) >= 11 is 0. The molecule has 0 aromatic heterocycles. The highest BCUT2D eigenvalue weighted by Gasteiger charge is 2.09. The molecular formula is C13H25NO3. The first-order chi connectivity index (χ1) is 8.10. The fraction of sp³-hybridized carbons (Fsp3) is 0.769. The number of hydrogen-bond donors (Lipinski definition) is 0. The molecule has 4 heteroatoms. The van der Waals surface area contributed by atoms with Gasteiger partial charge in [0.25, 0.3) is 0 Å². The first-order valence-corrected chi connectivity index (χ1v) is 6.16. The maximum atomic E-state index is 11.3. The highest BCUT2D eigenvalue weighted by Crippen LogP contribution is 1.95. The second-order valence-electron chi connectivity index (χ2n) is 4.30. The number of hydrogen-bond acceptors (Lipinski definition) is 4. The van der Waals surface area contributed by atoms with Gasteiger partial charge in [0, 0.05) is 19.7 Å². The Hall–Kier alpha value is -0.870. The predicted molar refractivity (Wildman–Crippen MR) is 68.9 cm³/mol. The van der Waals surface area contributed by atoms with Crippen molar-refractivity contribution in [2.45, 2.75) is 20.8 Å². The molecule has 0 fully saturated rings. The first kappa shape index (κ1) is 16.1. The molecule has 0 aromatic rings. The lowest BCUT2D eigenvalue weighted by Crippen LogP contribution is -2.34. The summed E-state index contributed by atoms with van der Waals surface area (Å²) in [6.45, 7) is 13.2. The third-order valence-corrected chi connectivity index (χ3v) is 2.05. The van der Waals surface area contributed by atoms with Gasteiger partial charge in [-0.25, -0.2) is 0 Å². The highest BCUT2D eigenvalue weighted by atomic mass is 16.5. The SMILES string of the molecule is C=CCN(CCOCC(C)C)CC(=O)OCC. The zero-order chi connectivity index (χ0) is 13.1. The molecule has 0 radical (unpaired) electrons. The number of ether oxygens (including phenoxy) is 2. The standard InChI is InChI=1S/C13H25NO3/c1-5-7-14(10-13(15)17-6-2)8-9-16-11-12(3)4/h5,12H,1,6-11H2,2-4H3. The fourth-order valence-electron chi connectivity index (χ4n) is 1.32. The number of carbonyl (C=O) groups is 1. The van der Waals surface area contributed by atoms with Crippen molar-refractivity contribution in [3.05, 3.63) is 12.7 Å². The van der Waals surface area contributed by atoms with E-state index in [9.17, 15) is 4.79 Å². The van der Waals surface area contributed by atoms with Gasteiger partial charge in [-0.1, -0.05) is 19.9 Å². The lowest BCUT2D eigenvalue weighted by Gasteiger charge is -2.19. The van der Waals surface area contributed by atoms with Crippen molar-refractivity contribution in [3.63, 3.8) is 0 Å². The molecule has 0 amide bonds. The molecular weight excluding hydrogens is 218 g/mol. The van der Waals surface area contributed by atoms with Crippen LogP contribution in [-0.4, -0.2) is 50.3 Å². The molecule has 0 saturated carbocycles. The van der Waals surface area contributed by atoms with Gasteiger partial charge in [0.15, 0.2) is 0 Å². The van der Waals surface area contributed by atoms with Crippen molar-refractivity contribution in [1.29, 1.82) is 0 Å². The predicted octanol–water partition coefficient (Wildman–Crippen LogP) is 1.71. The molecule has 0 saturated heterocycles. The van der Waals surface area contributed by atoms with E-state index >= 15 is 0 Å². The summed E-state index contributed by atoms with van der Waals surface area (Å²) in [6, 6.07) is 0.